The van der Waals surface area contributed by atoms with E-state index in [2.05, 4.69) is 0 Å². The van der Waals surface area contributed by atoms with Gasteiger partial charge in [0.05, 0.1) is 0 Å². The Morgan fingerprint density at radius 3 is 2.33 bits per heavy atom. The molecule has 0 aliphatic heterocycles. The normalized spacial score (nSPS) is 10.9. The Bertz CT molecular complexity index is 288. The number of hydrogen-bond acceptors (Lipinski definition) is 3. The average Bonchev–Trinajstić information content (AvgIpc) is 2.22. The third-order valence-electron chi connectivity index (χ3n) is 1.87. The lowest BCUT2D eigenvalue weighted by Gasteiger charge is -2.16. The van der Waals surface area contributed by atoms with Crippen molar-refractivity contribution in [2.45, 2.75) is 19.8 Å². The maximum absolute atomic E-state index is 5.86. The van der Waals surface area contributed by atoms with Gasteiger partial charge in [0.25, 0.3) is 0 Å². The van der Waals surface area contributed by atoms with Gasteiger partial charge in [-0.2, -0.15) is 0 Å². The van der Waals surface area contributed by atoms with E-state index in [-0.39, 0.29) is 5.91 Å². The fourth-order valence-corrected chi connectivity index (χ4v) is 2.39. The minimum Gasteiger partial charge on any atom is -0.399 e. The molecule has 0 unspecified atom stereocenters. The second-order valence-corrected chi connectivity index (χ2v) is 4.27. The Kier molecular flexibility index (Phi) is 5.38. The third-order valence-corrected chi connectivity index (χ3v) is 3.21. The van der Waals surface area contributed by atoms with Crippen LogP contribution in [0.4, 0.5) is 5.69 Å². The van der Waals surface area contributed by atoms with Crippen molar-refractivity contribution in [1.29, 1.82) is 0 Å². The molecule has 2 N–H and O–H groups in total. The molecule has 0 heterocycles. The van der Waals surface area contributed by atoms with Crippen molar-refractivity contribution in [3.05, 3.63) is 24.3 Å². The van der Waals surface area contributed by atoms with Gasteiger partial charge in [-0.15, -0.1) is 0 Å². The van der Waals surface area contributed by atoms with Crippen LogP contribution in [0.25, 0.3) is 0 Å². The van der Waals surface area contributed by atoms with Crippen LogP contribution >= 0.6 is 0 Å². The first kappa shape index (κ1) is 12.2. The standard InChI is InChI=1S/C11H17NO2Si/c1-3-13-11(14-4-2)15-10-8-6-5-7-9(10)12/h5-8,11H,3-4,12H2,1-2H3. The Morgan fingerprint density at radius 1 is 1.20 bits per heavy atom. The van der Waals surface area contributed by atoms with Gasteiger partial charge in [0.1, 0.15) is 5.91 Å². The summed E-state index contributed by atoms with van der Waals surface area (Å²) in [6, 6.07) is 7.82. The van der Waals surface area contributed by atoms with E-state index in [1.54, 1.807) is 0 Å². The minimum atomic E-state index is -0.162. The Balaban J connectivity index is 2.60. The van der Waals surface area contributed by atoms with Gasteiger partial charge in [0.2, 0.25) is 0 Å². The lowest BCUT2D eigenvalue weighted by molar-refractivity contribution is -0.0817. The van der Waals surface area contributed by atoms with Crippen LogP contribution in [0.3, 0.4) is 0 Å². The SMILES string of the molecule is CCOC(OCC)[Si]c1ccccc1N. The largest absolute Gasteiger partial charge is 0.399 e. The van der Waals surface area contributed by atoms with Crippen LogP contribution in [0.15, 0.2) is 24.3 Å². The summed E-state index contributed by atoms with van der Waals surface area (Å²) < 4.78 is 11.0. The molecule has 1 aromatic carbocycles. The molecule has 0 amide bonds. The van der Waals surface area contributed by atoms with E-state index in [4.69, 9.17) is 15.2 Å². The summed E-state index contributed by atoms with van der Waals surface area (Å²) in [5, 5.41) is 1.10. The summed E-state index contributed by atoms with van der Waals surface area (Å²) in [5.74, 6) is -0.162. The molecule has 15 heavy (non-hydrogen) atoms. The van der Waals surface area contributed by atoms with E-state index in [1.807, 2.05) is 38.1 Å². The Hall–Kier alpha value is -0.843. The predicted molar refractivity (Wildman–Crippen MR) is 63.3 cm³/mol. The first-order valence-corrected chi connectivity index (χ1v) is 6.20. The predicted octanol–water partition coefficient (Wildman–Crippen LogP) is 0.955. The van der Waals surface area contributed by atoms with E-state index in [9.17, 15) is 0 Å². The van der Waals surface area contributed by atoms with Crippen LogP contribution in [0, 0.1) is 0 Å². The van der Waals surface area contributed by atoms with Gasteiger partial charge in [-0.25, -0.2) is 0 Å². The number of nitrogens with two attached hydrogens (primary N) is 1. The zero-order valence-corrected chi connectivity index (χ0v) is 10.2. The van der Waals surface area contributed by atoms with E-state index in [1.165, 1.54) is 0 Å². The van der Waals surface area contributed by atoms with Crippen molar-refractivity contribution in [1.82, 2.24) is 0 Å². The van der Waals surface area contributed by atoms with Crippen molar-refractivity contribution in [2.24, 2.45) is 0 Å². The molecule has 0 aliphatic rings. The number of anilines is 1. The van der Waals surface area contributed by atoms with Gasteiger partial charge in [-0.3, -0.25) is 0 Å². The summed E-state index contributed by atoms with van der Waals surface area (Å²) in [4.78, 5) is 0. The van der Waals surface area contributed by atoms with Crippen LogP contribution < -0.4 is 10.9 Å². The van der Waals surface area contributed by atoms with Crippen LogP contribution in [-0.2, 0) is 9.47 Å². The second-order valence-electron chi connectivity index (χ2n) is 2.97. The van der Waals surface area contributed by atoms with Crippen molar-refractivity contribution in [3.8, 4) is 0 Å². The zero-order valence-electron chi connectivity index (χ0n) is 9.19. The first-order valence-electron chi connectivity index (χ1n) is 5.12. The monoisotopic (exact) mass is 223 g/mol. The Morgan fingerprint density at radius 2 is 1.80 bits per heavy atom. The maximum atomic E-state index is 5.86. The fourth-order valence-electron chi connectivity index (χ4n) is 1.19. The molecule has 0 spiro atoms. The van der Waals surface area contributed by atoms with E-state index < -0.39 is 0 Å². The fraction of sp³-hybridized carbons (Fsp3) is 0.455. The molecule has 2 radical (unpaired) electrons. The highest BCUT2D eigenvalue weighted by Crippen LogP contribution is 1.99. The van der Waals surface area contributed by atoms with Gasteiger partial charge in [-0.05, 0) is 25.1 Å². The average molecular weight is 223 g/mol. The number of ether oxygens (including phenoxy) is 2. The van der Waals surface area contributed by atoms with Crippen molar-refractivity contribution < 1.29 is 9.47 Å². The molecule has 1 aromatic rings. The lowest BCUT2D eigenvalue weighted by Crippen LogP contribution is -2.34. The quantitative estimate of drug-likeness (QED) is 0.444. The highest BCUT2D eigenvalue weighted by atomic mass is 28.2. The number of nitrogen functional groups attached to an aromatic ring is 1. The van der Waals surface area contributed by atoms with Crippen molar-refractivity contribution >= 4 is 20.4 Å². The molecular formula is C11H17NO2Si. The molecule has 82 valence electrons. The number of hydrogen-bond donors (Lipinski definition) is 1. The summed E-state index contributed by atoms with van der Waals surface area (Å²) in [6.07, 6.45) is 0. The maximum Gasteiger partial charge on any atom is 0.159 e. The van der Waals surface area contributed by atoms with E-state index >= 15 is 0 Å². The van der Waals surface area contributed by atoms with Crippen LogP contribution in [0.5, 0.6) is 0 Å². The molecule has 0 saturated heterocycles. The summed E-state index contributed by atoms with van der Waals surface area (Å²) in [5.41, 5.74) is 6.66. The number of para-hydroxylation sites is 1. The molecular weight excluding hydrogens is 206 g/mol. The smallest absolute Gasteiger partial charge is 0.159 e. The molecule has 0 atom stereocenters. The molecule has 1 rings (SSSR count). The topological polar surface area (TPSA) is 44.5 Å². The molecule has 0 fully saturated rings. The van der Waals surface area contributed by atoms with Gasteiger partial charge in [-0.1, -0.05) is 18.2 Å². The summed E-state index contributed by atoms with van der Waals surface area (Å²) in [7, 11) is 0.439. The molecule has 0 saturated carbocycles. The highest BCUT2D eigenvalue weighted by Gasteiger charge is 2.12. The summed E-state index contributed by atoms with van der Waals surface area (Å²) in [6.45, 7) is 5.24. The van der Waals surface area contributed by atoms with Gasteiger partial charge in [0.15, 0.2) is 9.52 Å². The van der Waals surface area contributed by atoms with Gasteiger partial charge < -0.3 is 15.2 Å². The second kappa shape index (κ2) is 6.61. The molecule has 0 bridgehead atoms. The molecule has 0 aliphatic carbocycles. The number of rotatable bonds is 6. The zero-order chi connectivity index (χ0) is 11.1. The van der Waals surface area contributed by atoms with E-state index in [0.717, 1.165) is 10.9 Å². The van der Waals surface area contributed by atoms with Crippen LogP contribution in [0.1, 0.15) is 13.8 Å². The van der Waals surface area contributed by atoms with E-state index in [0.29, 0.717) is 22.7 Å². The van der Waals surface area contributed by atoms with Crippen LogP contribution in [-0.4, -0.2) is 28.6 Å². The molecule has 3 nitrogen and oxygen atoms in total. The van der Waals surface area contributed by atoms with Crippen molar-refractivity contribution in [3.63, 3.8) is 0 Å². The highest BCUT2D eigenvalue weighted by molar-refractivity contribution is 6.56. The minimum absolute atomic E-state index is 0.162. The molecule has 4 heteroatoms. The lowest BCUT2D eigenvalue weighted by atomic mass is 10.3. The molecule has 0 aromatic heterocycles. The Labute approximate surface area is 93.4 Å². The van der Waals surface area contributed by atoms with Crippen LogP contribution in [0.2, 0.25) is 0 Å². The van der Waals surface area contributed by atoms with Gasteiger partial charge in [0, 0.05) is 18.9 Å². The number of benzene rings is 1. The van der Waals surface area contributed by atoms with Gasteiger partial charge >= 0.3 is 0 Å². The van der Waals surface area contributed by atoms with Crippen molar-refractivity contribution in [2.75, 3.05) is 18.9 Å². The first-order chi connectivity index (χ1) is 7.27. The third kappa shape index (κ3) is 4.03. The summed E-state index contributed by atoms with van der Waals surface area (Å²) >= 11 is 0.